The fourth-order valence-electron chi connectivity index (χ4n) is 2.21. The van der Waals surface area contributed by atoms with Gasteiger partial charge in [0.1, 0.15) is 5.82 Å². The fraction of sp³-hybridized carbons (Fsp3) is 0.250. The zero-order chi connectivity index (χ0) is 14.7. The van der Waals surface area contributed by atoms with E-state index in [9.17, 15) is 4.39 Å². The summed E-state index contributed by atoms with van der Waals surface area (Å²) in [7, 11) is 1.84. The topological polar surface area (TPSA) is 12.0 Å². The third-order valence-electron chi connectivity index (χ3n) is 3.34. The molecule has 0 aliphatic carbocycles. The van der Waals surface area contributed by atoms with Crippen molar-refractivity contribution in [3.05, 3.63) is 69.0 Å². The van der Waals surface area contributed by atoms with Crippen LogP contribution in [0.5, 0.6) is 0 Å². The van der Waals surface area contributed by atoms with Crippen LogP contribution in [0.1, 0.15) is 22.7 Å². The van der Waals surface area contributed by atoms with Crippen LogP contribution in [0.4, 0.5) is 4.39 Å². The Morgan fingerprint density at radius 3 is 2.55 bits per heavy atom. The Morgan fingerprint density at radius 2 is 1.90 bits per heavy atom. The number of hydrogen-bond acceptors (Lipinski definition) is 1. The normalized spacial score (nSPS) is 12.4. The van der Waals surface area contributed by atoms with Gasteiger partial charge in [0.15, 0.2) is 0 Å². The van der Waals surface area contributed by atoms with Crippen molar-refractivity contribution in [2.75, 3.05) is 7.05 Å². The molecule has 1 nitrogen and oxygen atoms in total. The summed E-state index contributed by atoms with van der Waals surface area (Å²) in [6.45, 7) is 1.99. The van der Waals surface area contributed by atoms with E-state index in [4.69, 9.17) is 23.2 Å². The molecule has 0 spiro atoms. The summed E-state index contributed by atoms with van der Waals surface area (Å²) in [6.07, 6.45) is 0.492. The van der Waals surface area contributed by atoms with E-state index in [1.54, 1.807) is 18.2 Å². The van der Waals surface area contributed by atoms with Gasteiger partial charge in [0, 0.05) is 11.1 Å². The highest BCUT2D eigenvalue weighted by atomic mass is 35.5. The molecule has 106 valence electrons. The van der Waals surface area contributed by atoms with Gasteiger partial charge in [0.05, 0.1) is 5.02 Å². The first-order chi connectivity index (χ1) is 9.52. The van der Waals surface area contributed by atoms with Crippen molar-refractivity contribution in [1.29, 1.82) is 0 Å². The smallest absolute Gasteiger partial charge is 0.145 e. The lowest BCUT2D eigenvalue weighted by Crippen LogP contribution is -2.20. The molecule has 0 saturated carbocycles. The zero-order valence-electron chi connectivity index (χ0n) is 11.4. The van der Waals surface area contributed by atoms with E-state index in [1.165, 1.54) is 0 Å². The number of aryl methyl sites for hydroxylation is 1. The molecule has 0 saturated heterocycles. The van der Waals surface area contributed by atoms with Crippen LogP contribution in [0.15, 0.2) is 36.4 Å². The lowest BCUT2D eigenvalue weighted by atomic mass is 9.97. The predicted molar refractivity (Wildman–Crippen MR) is 83.1 cm³/mol. The second kappa shape index (κ2) is 6.57. The third-order valence-corrected chi connectivity index (χ3v) is 3.95. The summed E-state index contributed by atoms with van der Waals surface area (Å²) in [5, 5.41) is 4.01. The highest BCUT2D eigenvalue weighted by molar-refractivity contribution is 6.31. The van der Waals surface area contributed by atoms with Crippen LogP contribution < -0.4 is 5.32 Å². The van der Waals surface area contributed by atoms with Crippen LogP contribution in [0, 0.1) is 12.7 Å². The predicted octanol–water partition coefficient (Wildman–Crippen LogP) is 4.94. The van der Waals surface area contributed by atoms with E-state index >= 15 is 0 Å². The van der Waals surface area contributed by atoms with Gasteiger partial charge in [-0.3, -0.25) is 0 Å². The molecular weight excluding hydrogens is 296 g/mol. The summed E-state index contributed by atoms with van der Waals surface area (Å²) in [5.74, 6) is -0.363. The van der Waals surface area contributed by atoms with Crippen molar-refractivity contribution >= 4 is 23.2 Å². The summed E-state index contributed by atoms with van der Waals surface area (Å²) >= 11 is 12.1. The lowest BCUT2D eigenvalue weighted by molar-refractivity contribution is 0.554. The average molecular weight is 312 g/mol. The number of halogens is 3. The van der Waals surface area contributed by atoms with Crippen LogP contribution in [-0.2, 0) is 6.42 Å². The minimum Gasteiger partial charge on any atom is -0.313 e. The molecule has 0 aliphatic rings. The second-order valence-corrected chi connectivity index (χ2v) is 5.60. The van der Waals surface area contributed by atoms with Crippen LogP contribution in [0.3, 0.4) is 0 Å². The Labute approximate surface area is 128 Å². The molecule has 0 aromatic heterocycles. The van der Waals surface area contributed by atoms with Gasteiger partial charge in [-0.2, -0.15) is 0 Å². The van der Waals surface area contributed by atoms with Gasteiger partial charge in [-0.15, -0.1) is 0 Å². The molecule has 0 bridgehead atoms. The van der Waals surface area contributed by atoms with E-state index in [0.717, 1.165) is 11.1 Å². The van der Waals surface area contributed by atoms with Crippen molar-refractivity contribution in [2.24, 2.45) is 0 Å². The van der Waals surface area contributed by atoms with E-state index in [2.05, 4.69) is 5.32 Å². The molecule has 0 radical (unpaired) electrons. The molecule has 0 amide bonds. The summed E-state index contributed by atoms with van der Waals surface area (Å²) < 4.78 is 14.0. The van der Waals surface area contributed by atoms with Crippen LogP contribution in [0.2, 0.25) is 10.0 Å². The number of hydrogen-bond donors (Lipinski definition) is 1. The summed E-state index contributed by atoms with van der Waals surface area (Å²) in [5.41, 5.74) is 2.63. The number of rotatable bonds is 4. The molecule has 4 heteroatoms. The Hall–Kier alpha value is -1.09. The summed E-state index contributed by atoms with van der Waals surface area (Å²) in [6, 6.07) is 10.9. The first-order valence-corrected chi connectivity index (χ1v) is 7.14. The molecule has 2 aromatic rings. The minimum absolute atomic E-state index is 0.0592. The molecule has 0 aliphatic heterocycles. The molecule has 1 N–H and O–H groups in total. The highest BCUT2D eigenvalue weighted by Crippen LogP contribution is 2.28. The maximum absolute atomic E-state index is 14.0. The van der Waals surface area contributed by atoms with Crippen molar-refractivity contribution < 1.29 is 4.39 Å². The monoisotopic (exact) mass is 311 g/mol. The SMILES string of the molecule is CNC(Cc1cccc(Cl)c1F)c1ccc(C)cc1Cl. The maximum atomic E-state index is 14.0. The standard InChI is InChI=1S/C16H16Cl2FN/c1-10-6-7-12(14(18)8-10)15(20-2)9-11-4-3-5-13(17)16(11)19/h3-8,15,20H,9H2,1-2H3. The van der Waals surface area contributed by atoms with E-state index in [0.29, 0.717) is 17.0 Å². The Bertz CT molecular complexity index is 613. The lowest BCUT2D eigenvalue weighted by Gasteiger charge is -2.19. The van der Waals surface area contributed by atoms with E-state index in [1.807, 2.05) is 32.2 Å². The van der Waals surface area contributed by atoms with Crippen LogP contribution >= 0.6 is 23.2 Å². The largest absolute Gasteiger partial charge is 0.313 e. The Morgan fingerprint density at radius 1 is 1.15 bits per heavy atom. The van der Waals surface area contributed by atoms with Gasteiger partial charge in [-0.1, -0.05) is 47.5 Å². The molecular formula is C16H16Cl2FN. The minimum atomic E-state index is -0.363. The third kappa shape index (κ3) is 3.32. The first-order valence-electron chi connectivity index (χ1n) is 6.39. The molecule has 2 aromatic carbocycles. The molecule has 0 heterocycles. The average Bonchev–Trinajstić information content (AvgIpc) is 2.41. The first kappa shape index (κ1) is 15.3. The molecule has 0 fully saturated rings. The maximum Gasteiger partial charge on any atom is 0.145 e. The van der Waals surface area contributed by atoms with Gasteiger partial charge in [0.2, 0.25) is 0 Å². The molecule has 2 rings (SSSR count). The highest BCUT2D eigenvalue weighted by Gasteiger charge is 2.16. The Kier molecular flexibility index (Phi) is 5.03. The Balaban J connectivity index is 2.31. The van der Waals surface area contributed by atoms with Crippen LogP contribution in [-0.4, -0.2) is 7.05 Å². The molecule has 1 unspecified atom stereocenters. The van der Waals surface area contributed by atoms with Gasteiger partial charge < -0.3 is 5.32 Å². The number of benzene rings is 2. The molecule has 1 atom stereocenters. The zero-order valence-corrected chi connectivity index (χ0v) is 12.9. The van der Waals surface area contributed by atoms with Crippen LogP contribution in [0.25, 0.3) is 0 Å². The van der Waals surface area contributed by atoms with Gasteiger partial charge in [0.25, 0.3) is 0 Å². The fourth-order valence-corrected chi connectivity index (χ4v) is 2.77. The van der Waals surface area contributed by atoms with Gasteiger partial charge in [-0.05, 0) is 49.2 Å². The number of nitrogens with one attached hydrogen (secondary N) is 1. The van der Waals surface area contributed by atoms with Crippen molar-refractivity contribution in [1.82, 2.24) is 5.32 Å². The molecule has 20 heavy (non-hydrogen) atoms. The van der Waals surface area contributed by atoms with Crippen molar-refractivity contribution in [3.63, 3.8) is 0 Å². The second-order valence-electron chi connectivity index (χ2n) is 4.78. The van der Waals surface area contributed by atoms with Gasteiger partial charge >= 0.3 is 0 Å². The van der Waals surface area contributed by atoms with Crippen molar-refractivity contribution in [2.45, 2.75) is 19.4 Å². The number of likely N-dealkylation sites (N-methyl/N-ethyl adjacent to an activating group) is 1. The van der Waals surface area contributed by atoms with Gasteiger partial charge in [-0.25, -0.2) is 4.39 Å². The van der Waals surface area contributed by atoms with E-state index < -0.39 is 0 Å². The van der Waals surface area contributed by atoms with E-state index in [-0.39, 0.29) is 16.9 Å². The van der Waals surface area contributed by atoms with Crippen molar-refractivity contribution in [3.8, 4) is 0 Å². The summed E-state index contributed by atoms with van der Waals surface area (Å²) in [4.78, 5) is 0. The quantitative estimate of drug-likeness (QED) is 0.843.